The number of benzene rings is 3. The molecule has 4 aromatic rings. The zero-order valence-corrected chi connectivity index (χ0v) is 29.5. The molecule has 16 heteroatoms. The maximum absolute atomic E-state index is 12.9. The number of esters is 1. The van der Waals surface area contributed by atoms with Crippen LogP contribution in [-0.2, 0) is 45.0 Å². The molecule has 0 bridgehead atoms. The van der Waals surface area contributed by atoms with E-state index in [1.807, 2.05) is 24.3 Å². The maximum atomic E-state index is 12.9. The van der Waals surface area contributed by atoms with E-state index in [1.165, 1.54) is 39.6 Å². The van der Waals surface area contributed by atoms with E-state index in [0.717, 1.165) is 30.5 Å². The zero-order valence-electron chi connectivity index (χ0n) is 27.2. The van der Waals surface area contributed by atoms with E-state index in [-0.39, 0.29) is 30.1 Å². The number of hydrogen-bond acceptors (Lipinski definition) is 9. The van der Waals surface area contributed by atoms with Crippen LogP contribution < -0.4 is 0 Å². The number of alkyl halides is 4. The second-order valence-corrected chi connectivity index (χ2v) is 12.8. The lowest BCUT2D eigenvalue weighted by molar-refractivity contribution is -0.137. The minimum atomic E-state index is -4.44. The number of halogens is 5. The Kier molecular flexibility index (Phi) is 12.8. The fourth-order valence-corrected chi connectivity index (χ4v) is 5.57. The number of rotatable bonds is 12. The fourth-order valence-electron chi connectivity index (χ4n) is 4.97. The normalized spacial score (nSPS) is 15.3. The topological polar surface area (TPSA) is 123 Å². The molecule has 1 unspecified atom stereocenters. The van der Waals surface area contributed by atoms with Crippen LogP contribution in [0.4, 0.5) is 13.2 Å². The van der Waals surface area contributed by atoms with Gasteiger partial charge in [0.05, 0.1) is 29.8 Å². The van der Waals surface area contributed by atoms with Gasteiger partial charge in [0.1, 0.15) is 25.6 Å². The smallest absolute Gasteiger partial charge is 0.416 e. The second-order valence-electron chi connectivity index (χ2n) is 11.3. The number of oxime groups is 2. The molecule has 1 aromatic heterocycles. The molecule has 1 fully saturated rings. The number of hydrogen-bond donors (Lipinski definition) is 2. The summed E-state index contributed by atoms with van der Waals surface area (Å²) in [6.07, 6.45) is -1.02. The van der Waals surface area contributed by atoms with E-state index >= 15 is 0 Å². The first-order chi connectivity index (χ1) is 23.7. The van der Waals surface area contributed by atoms with Crippen molar-refractivity contribution in [1.29, 1.82) is 0 Å². The van der Waals surface area contributed by atoms with E-state index in [1.54, 1.807) is 28.9 Å². The van der Waals surface area contributed by atoms with Crippen molar-refractivity contribution < 1.29 is 37.5 Å². The molecule has 1 atom stereocenters. The number of aliphatic hydroxyl groups is 1. The van der Waals surface area contributed by atoms with E-state index in [0.29, 0.717) is 27.3 Å². The fraction of sp³-hybridized carbons (Fsp3) is 0.324. The van der Waals surface area contributed by atoms with Gasteiger partial charge < -0.3 is 19.5 Å². The van der Waals surface area contributed by atoms with Crippen LogP contribution >= 0.6 is 35.4 Å². The summed E-state index contributed by atoms with van der Waals surface area (Å²) in [5.74, 6) is -0.692. The van der Waals surface area contributed by atoms with Gasteiger partial charge >= 0.3 is 12.1 Å². The quantitative estimate of drug-likeness (QED) is 0.0505. The van der Waals surface area contributed by atoms with E-state index in [9.17, 15) is 23.1 Å². The summed E-state index contributed by atoms with van der Waals surface area (Å²) in [5.41, 5.74) is 0.462. The Morgan fingerprint density at radius 2 is 1.74 bits per heavy atom. The lowest BCUT2D eigenvalue weighted by Crippen LogP contribution is -2.47. The monoisotopic (exact) mass is 751 g/mol. The Balaban J connectivity index is 0.000000235. The second kappa shape index (κ2) is 16.6. The molecule has 2 N–H and O–H groups in total. The molecule has 3 aromatic carbocycles. The molecule has 266 valence electrons. The van der Waals surface area contributed by atoms with Crippen LogP contribution in [0.1, 0.15) is 47.6 Å². The first-order valence-electron chi connectivity index (χ1n) is 15.1. The maximum Gasteiger partial charge on any atom is 0.416 e. The molecule has 1 heterocycles. The minimum Gasteiger partial charge on any atom is -0.464 e. The van der Waals surface area contributed by atoms with Gasteiger partial charge in [-0.1, -0.05) is 76.5 Å². The van der Waals surface area contributed by atoms with Crippen LogP contribution in [0.3, 0.4) is 0 Å². The number of carbonyl (C=O) groups excluding carboxylic acids is 1. The average Bonchev–Trinajstić information content (AvgIpc) is 3.74. The Morgan fingerprint density at radius 1 is 1.06 bits per heavy atom. The number of aromatic amines is 1. The van der Waals surface area contributed by atoms with Gasteiger partial charge in [0.15, 0.2) is 5.71 Å². The van der Waals surface area contributed by atoms with Crippen molar-refractivity contribution in [2.45, 2.75) is 56.0 Å². The van der Waals surface area contributed by atoms with Gasteiger partial charge in [0.2, 0.25) is 4.77 Å². The average molecular weight is 753 g/mol. The predicted octanol–water partition coefficient (Wildman–Crippen LogP) is 7.51. The standard InChI is InChI=1S/C20H19F3N2O4.C14H15Cl2N3OS/c1-13(14-8-6-9-16(11-14)20(21,22)23)24-29-12-15-7-4-5-10-17(15)18(25-28-3)19(26)27-2;15-11-4-2-1-3-10(11)7-14(20,13(16)5-6-13)8-19-12(21)17-9-18-19/h4-11H,12H2,1-3H3;1-4,9,20H,5-8H2,(H,17,18,21)/b24-13+,25-18-;. The molecule has 0 saturated heterocycles. The third-order valence-electron chi connectivity index (χ3n) is 7.87. The van der Waals surface area contributed by atoms with Crippen molar-refractivity contribution in [3.05, 3.63) is 117 Å². The molecule has 0 aliphatic heterocycles. The molecule has 10 nitrogen and oxygen atoms in total. The molecular weight excluding hydrogens is 718 g/mol. The molecular formula is C34H34Cl2F3N5O5S. The Hall–Kier alpha value is -4.24. The Morgan fingerprint density at radius 3 is 2.34 bits per heavy atom. The minimum absolute atomic E-state index is 0.0484. The number of H-pyrrole nitrogens is 1. The molecule has 0 radical (unpaired) electrons. The summed E-state index contributed by atoms with van der Waals surface area (Å²) in [4.78, 5) is 25.3. The van der Waals surface area contributed by atoms with Crippen LogP contribution in [0.15, 0.2) is 89.4 Å². The zero-order chi connectivity index (χ0) is 36.5. The highest BCUT2D eigenvalue weighted by Gasteiger charge is 2.58. The lowest BCUT2D eigenvalue weighted by atomic mass is 9.89. The molecule has 50 heavy (non-hydrogen) atoms. The SMILES string of the molecule is CO/N=C(\C(=O)OC)c1ccccc1CO/N=C(\C)c1cccc(C(F)(F)F)c1.OC(Cc1ccccc1Cl)(Cn1[nH]cnc1=S)C1(Cl)CC1. The highest BCUT2D eigenvalue weighted by molar-refractivity contribution is 7.71. The van der Waals surface area contributed by atoms with Crippen LogP contribution in [0.5, 0.6) is 0 Å². The number of nitrogens with one attached hydrogen (secondary N) is 1. The Labute approximate surface area is 301 Å². The van der Waals surface area contributed by atoms with Crippen LogP contribution in [0.25, 0.3) is 0 Å². The summed E-state index contributed by atoms with van der Waals surface area (Å²) in [7, 11) is 2.51. The summed E-state index contributed by atoms with van der Waals surface area (Å²) < 4.78 is 45.3. The molecule has 5 rings (SSSR count). The van der Waals surface area contributed by atoms with Crippen molar-refractivity contribution in [3.8, 4) is 0 Å². The largest absolute Gasteiger partial charge is 0.464 e. The van der Waals surface area contributed by atoms with Crippen molar-refractivity contribution in [3.63, 3.8) is 0 Å². The molecule has 0 amide bonds. The highest BCUT2D eigenvalue weighted by Crippen LogP contribution is 2.53. The van der Waals surface area contributed by atoms with E-state index < -0.39 is 28.2 Å². The van der Waals surface area contributed by atoms with E-state index in [2.05, 4.69) is 20.4 Å². The predicted molar refractivity (Wildman–Crippen MR) is 186 cm³/mol. The van der Waals surface area contributed by atoms with Crippen LogP contribution in [-0.4, -0.2) is 62.0 Å². The first kappa shape index (κ1) is 38.6. The third-order valence-corrected chi connectivity index (χ3v) is 9.29. The van der Waals surface area contributed by atoms with E-state index in [4.69, 9.17) is 49.8 Å². The highest BCUT2D eigenvalue weighted by atomic mass is 35.5. The number of ether oxygens (including phenoxy) is 1. The number of nitrogens with zero attached hydrogens (tertiary/aromatic N) is 4. The van der Waals surface area contributed by atoms with Gasteiger partial charge in [-0.3, -0.25) is 9.78 Å². The molecule has 1 aliphatic carbocycles. The van der Waals surface area contributed by atoms with Gasteiger partial charge in [0.25, 0.3) is 0 Å². The van der Waals surface area contributed by atoms with Gasteiger partial charge in [-0.25, -0.2) is 9.78 Å². The molecule has 1 saturated carbocycles. The third kappa shape index (κ3) is 9.71. The molecule has 1 aliphatic rings. The van der Waals surface area contributed by atoms with Crippen LogP contribution in [0.2, 0.25) is 5.02 Å². The summed E-state index contributed by atoms with van der Waals surface area (Å²) in [5, 5.41) is 22.3. The summed E-state index contributed by atoms with van der Waals surface area (Å²) in [6, 6.07) is 19.0. The number of methoxy groups -OCH3 is 1. The number of carbonyl (C=O) groups is 1. The van der Waals surface area contributed by atoms with Gasteiger partial charge in [0, 0.05) is 22.6 Å². The van der Waals surface area contributed by atoms with Crippen molar-refractivity contribution in [1.82, 2.24) is 14.8 Å². The summed E-state index contributed by atoms with van der Waals surface area (Å²) in [6.45, 7) is 1.75. The molecule has 0 spiro atoms. The number of aromatic nitrogens is 3. The van der Waals surface area contributed by atoms with Gasteiger partial charge in [-0.2, -0.15) is 13.2 Å². The summed E-state index contributed by atoms with van der Waals surface area (Å²) >= 11 is 17.9. The van der Waals surface area contributed by atoms with Crippen LogP contribution in [0, 0.1) is 4.77 Å². The van der Waals surface area contributed by atoms with Crippen molar-refractivity contribution in [2.24, 2.45) is 10.3 Å². The lowest BCUT2D eigenvalue weighted by Gasteiger charge is -2.33. The van der Waals surface area contributed by atoms with Gasteiger partial charge in [-0.15, -0.1) is 11.6 Å². The van der Waals surface area contributed by atoms with Crippen molar-refractivity contribution >= 4 is 52.8 Å². The first-order valence-corrected chi connectivity index (χ1v) is 16.2. The Bertz CT molecular complexity index is 1910. The van der Waals surface area contributed by atoms with Gasteiger partial charge in [-0.05, 0) is 61.3 Å². The van der Waals surface area contributed by atoms with Crippen molar-refractivity contribution in [2.75, 3.05) is 14.2 Å².